The molecule has 0 aromatic rings. The Morgan fingerprint density at radius 1 is 0.306 bits per heavy atom. The van der Waals surface area contributed by atoms with Gasteiger partial charge in [-0.15, -0.1) is 0 Å². The van der Waals surface area contributed by atoms with Gasteiger partial charge in [-0.2, -0.15) is 0 Å². The number of hydrogen-bond acceptors (Lipinski definition) is 6. The molecule has 364 valence electrons. The number of hydrogen-bond donors (Lipinski definition) is 0. The second-order valence-electron chi connectivity index (χ2n) is 18.5. The molecule has 0 spiro atoms. The molecule has 0 aliphatic heterocycles. The molecule has 0 radical (unpaired) electrons. The zero-order valence-electron chi connectivity index (χ0n) is 41.7. The molecule has 6 nitrogen and oxygen atoms in total. The molecule has 0 N–H and O–H groups in total. The van der Waals surface area contributed by atoms with Crippen LogP contribution in [0.1, 0.15) is 297 Å². The molecule has 0 bridgehead atoms. The third-order valence-corrected chi connectivity index (χ3v) is 12.2. The third kappa shape index (κ3) is 48.9. The standard InChI is InChI=1S/C56H104O6/c1-4-7-10-13-16-19-22-25-27-28-30-31-34-37-40-43-46-49-55(58)61-52-53(51-60-54(57)48-45-42-39-36-33-24-21-18-15-12-9-6-3)62-56(59)50-47-44-41-38-35-32-29-26-23-20-17-14-11-8-5-2/h18,21,25,27,53H,4-17,19-20,22-24,26,28-52H2,1-3H3/b21-18-,27-25-/t53-/m1/s1. The fourth-order valence-electron chi connectivity index (χ4n) is 8.02. The molecule has 6 heteroatoms. The first-order valence-electron chi connectivity index (χ1n) is 27.3. The van der Waals surface area contributed by atoms with Gasteiger partial charge in [-0.3, -0.25) is 14.4 Å². The Morgan fingerprint density at radius 2 is 0.532 bits per heavy atom. The summed E-state index contributed by atoms with van der Waals surface area (Å²) in [5, 5.41) is 0. The van der Waals surface area contributed by atoms with Gasteiger partial charge >= 0.3 is 17.9 Å². The highest BCUT2D eigenvalue weighted by molar-refractivity contribution is 5.71. The number of rotatable bonds is 50. The van der Waals surface area contributed by atoms with Crippen LogP contribution in [0.4, 0.5) is 0 Å². The Balaban J connectivity index is 4.33. The van der Waals surface area contributed by atoms with Crippen molar-refractivity contribution in [3.05, 3.63) is 24.3 Å². The van der Waals surface area contributed by atoms with E-state index in [0.29, 0.717) is 19.3 Å². The van der Waals surface area contributed by atoms with Gasteiger partial charge in [0.15, 0.2) is 6.10 Å². The molecule has 0 aliphatic rings. The third-order valence-electron chi connectivity index (χ3n) is 12.2. The zero-order valence-corrected chi connectivity index (χ0v) is 41.7. The van der Waals surface area contributed by atoms with E-state index in [1.807, 2.05) is 0 Å². The molecule has 0 saturated heterocycles. The summed E-state index contributed by atoms with van der Waals surface area (Å²) >= 11 is 0. The first-order valence-corrected chi connectivity index (χ1v) is 27.3. The Kier molecular flexibility index (Phi) is 49.8. The lowest BCUT2D eigenvalue weighted by atomic mass is 10.0. The summed E-state index contributed by atoms with van der Waals surface area (Å²) in [6.45, 7) is 6.64. The summed E-state index contributed by atoms with van der Waals surface area (Å²) in [7, 11) is 0. The molecule has 0 aromatic carbocycles. The van der Waals surface area contributed by atoms with Crippen LogP contribution in [0.3, 0.4) is 0 Å². The van der Waals surface area contributed by atoms with E-state index >= 15 is 0 Å². The van der Waals surface area contributed by atoms with Gasteiger partial charge in [0.2, 0.25) is 0 Å². The highest BCUT2D eigenvalue weighted by atomic mass is 16.6. The summed E-state index contributed by atoms with van der Waals surface area (Å²) in [5.74, 6) is -0.869. The van der Waals surface area contributed by atoms with Gasteiger partial charge in [0.1, 0.15) is 13.2 Å². The Bertz CT molecular complexity index is 1000. The van der Waals surface area contributed by atoms with E-state index in [0.717, 1.165) is 64.2 Å². The molecule has 0 amide bonds. The van der Waals surface area contributed by atoms with Gasteiger partial charge < -0.3 is 14.2 Å². The predicted molar refractivity (Wildman–Crippen MR) is 266 cm³/mol. The van der Waals surface area contributed by atoms with E-state index in [2.05, 4.69) is 45.1 Å². The van der Waals surface area contributed by atoms with Crippen LogP contribution >= 0.6 is 0 Å². The fourth-order valence-corrected chi connectivity index (χ4v) is 8.02. The number of allylic oxidation sites excluding steroid dienone is 4. The van der Waals surface area contributed by atoms with E-state index in [-0.39, 0.29) is 31.1 Å². The summed E-state index contributed by atoms with van der Waals surface area (Å²) in [4.78, 5) is 38.0. The lowest BCUT2D eigenvalue weighted by Crippen LogP contribution is -2.30. The number of ether oxygens (including phenoxy) is 3. The van der Waals surface area contributed by atoms with Crippen LogP contribution in [0.25, 0.3) is 0 Å². The fraction of sp³-hybridized carbons (Fsp3) is 0.875. The first kappa shape index (κ1) is 59.9. The maximum absolute atomic E-state index is 12.8. The van der Waals surface area contributed by atoms with Crippen molar-refractivity contribution in [2.24, 2.45) is 0 Å². The van der Waals surface area contributed by atoms with E-state index in [4.69, 9.17) is 14.2 Å². The lowest BCUT2D eigenvalue weighted by molar-refractivity contribution is -0.167. The second-order valence-corrected chi connectivity index (χ2v) is 18.5. The smallest absolute Gasteiger partial charge is 0.306 e. The highest BCUT2D eigenvalue weighted by Gasteiger charge is 2.19. The van der Waals surface area contributed by atoms with Gasteiger partial charge in [0.05, 0.1) is 0 Å². The van der Waals surface area contributed by atoms with Gasteiger partial charge in [-0.05, 0) is 70.6 Å². The quantitative estimate of drug-likeness (QED) is 0.0262. The van der Waals surface area contributed by atoms with Crippen LogP contribution in [0.5, 0.6) is 0 Å². The molecule has 0 saturated carbocycles. The van der Waals surface area contributed by atoms with Crippen molar-refractivity contribution in [2.45, 2.75) is 303 Å². The molecule has 1 atom stereocenters. The summed E-state index contributed by atoms with van der Waals surface area (Å²) in [6, 6.07) is 0. The number of unbranched alkanes of at least 4 members (excludes halogenated alkanes) is 35. The van der Waals surface area contributed by atoms with Crippen LogP contribution in [-0.2, 0) is 28.6 Å². The van der Waals surface area contributed by atoms with Crippen molar-refractivity contribution in [1.82, 2.24) is 0 Å². The van der Waals surface area contributed by atoms with Crippen LogP contribution in [0.15, 0.2) is 24.3 Å². The van der Waals surface area contributed by atoms with Crippen molar-refractivity contribution in [3.63, 3.8) is 0 Å². The first-order chi connectivity index (χ1) is 30.5. The molecule has 0 aliphatic carbocycles. The molecular weight excluding hydrogens is 769 g/mol. The lowest BCUT2D eigenvalue weighted by Gasteiger charge is -2.18. The van der Waals surface area contributed by atoms with Crippen molar-refractivity contribution in [2.75, 3.05) is 13.2 Å². The normalized spacial score (nSPS) is 12.1. The number of esters is 3. The van der Waals surface area contributed by atoms with Gasteiger partial charge in [0, 0.05) is 19.3 Å². The second kappa shape index (κ2) is 51.5. The average molecular weight is 873 g/mol. The largest absolute Gasteiger partial charge is 0.462 e. The molecule has 62 heavy (non-hydrogen) atoms. The average Bonchev–Trinajstić information content (AvgIpc) is 3.27. The van der Waals surface area contributed by atoms with Gasteiger partial charge in [0.25, 0.3) is 0 Å². The minimum atomic E-state index is -0.771. The minimum Gasteiger partial charge on any atom is -0.462 e. The Morgan fingerprint density at radius 3 is 0.839 bits per heavy atom. The molecule has 0 heterocycles. The van der Waals surface area contributed by atoms with Crippen LogP contribution in [0, 0.1) is 0 Å². The SMILES string of the molecule is CCCCC/C=C\CCCCCCCC(=O)OC[C@H](COC(=O)CCCCCCCCC/C=C\CCCCCCCC)OC(=O)CCCCCCCCCCCCCCCCC. The molecule has 0 fully saturated rings. The number of carbonyl (C=O) groups is 3. The highest BCUT2D eigenvalue weighted by Crippen LogP contribution is 2.16. The summed E-state index contributed by atoms with van der Waals surface area (Å²) < 4.78 is 16.8. The monoisotopic (exact) mass is 873 g/mol. The Labute approximate surface area is 385 Å². The number of carbonyl (C=O) groups excluding carboxylic acids is 3. The van der Waals surface area contributed by atoms with Crippen molar-refractivity contribution < 1.29 is 28.6 Å². The molecule has 0 aromatic heterocycles. The van der Waals surface area contributed by atoms with E-state index in [1.165, 1.54) is 193 Å². The zero-order chi connectivity index (χ0) is 45.1. The summed E-state index contributed by atoms with van der Waals surface area (Å²) in [6.07, 6.45) is 58.7. The topological polar surface area (TPSA) is 78.9 Å². The van der Waals surface area contributed by atoms with Gasteiger partial charge in [-0.25, -0.2) is 0 Å². The van der Waals surface area contributed by atoms with E-state index < -0.39 is 6.10 Å². The van der Waals surface area contributed by atoms with E-state index in [9.17, 15) is 14.4 Å². The molecule has 0 rings (SSSR count). The minimum absolute atomic E-state index is 0.0723. The van der Waals surface area contributed by atoms with Crippen LogP contribution in [0.2, 0.25) is 0 Å². The predicted octanol–water partition coefficient (Wildman–Crippen LogP) is 17.9. The van der Waals surface area contributed by atoms with Crippen molar-refractivity contribution >= 4 is 17.9 Å². The van der Waals surface area contributed by atoms with E-state index in [1.54, 1.807) is 0 Å². The molecule has 0 unspecified atom stereocenters. The van der Waals surface area contributed by atoms with Crippen LogP contribution in [-0.4, -0.2) is 37.2 Å². The maximum Gasteiger partial charge on any atom is 0.306 e. The van der Waals surface area contributed by atoms with Crippen molar-refractivity contribution in [1.29, 1.82) is 0 Å². The van der Waals surface area contributed by atoms with Crippen LogP contribution < -0.4 is 0 Å². The molecular formula is C56H104O6. The Hall–Kier alpha value is -2.11. The maximum atomic E-state index is 12.8. The van der Waals surface area contributed by atoms with Crippen molar-refractivity contribution in [3.8, 4) is 0 Å². The summed E-state index contributed by atoms with van der Waals surface area (Å²) in [5.41, 5.74) is 0. The van der Waals surface area contributed by atoms with Gasteiger partial charge in [-0.1, -0.05) is 231 Å².